The number of benzene rings is 2. The minimum Gasteiger partial charge on any atom is -0.493 e. The molecule has 7 nitrogen and oxygen atoms in total. The third-order valence-electron chi connectivity index (χ3n) is 5.69. The molecule has 1 amide bonds. The molecule has 0 bridgehead atoms. The van der Waals surface area contributed by atoms with Gasteiger partial charge in [-0.05, 0) is 62.1 Å². The summed E-state index contributed by atoms with van der Waals surface area (Å²) >= 11 is 0. The SMILES string of the molecule is CCC(CC)N(C(=O)O)c1cc(C)c(Oc2ccnc3cc(OC)c(OC)cc23)cc1C. The second-order valence-corrected chi connectivity index (χ2v) is 7.66. The van der Waals surface area contributed by atoms with Crippen molar-refractivity contribution in [2.24, 2.45) is 0 Å². The van der Waals surface area contributed by atoms with Crippen molar-refractivity contribution in [3.05, 3.63) is 47.7 Å². The van der Waals surface area contributed by atoms with Crippen molar-refractivity contribution in [3.8, 4) is 23.0 Å². The number of ether oxygens (including phenoxy) is 3. The summed E-state index contributed by atoms with van der Waals surface area (Å²) in [4.78, 5) is 17.9. The highest BCUT2D eigenvalue weighted by Crippen LogP contribution is 2.39. The third kappa shape index (κ3) is 4.42. The Labute approximate surface area is 188 Å². The molecule has 170 valence electrons. The largest absolute Gasteiger partial charge is 0.493 e. The summed E-state index contributed by atoms with van der Waals surface area (Å²) in [6.07, 6.45) is 2.22. The fourth-order valence-corrected chi connectivity index (χ4v) is 3.91. The summed E-state index contributed by atoms with van der Waals surface area (Å²) in [5.74, 6) is 2.46. The summed E-state index contributed by atoms with van der Waals surface area (Å²) in [7, 11) is 3.17. The van der Waals surface area contributed by atoms with Gasteiger partial charge in [-0.1, -0.05) is 13.8 Å². The number of amides is 1. The Morgan fingerprint density at radius 1 is 0.969 bits per heavy atom. The van der Waals surface area contributed by atoms with Gasteiger partial charge in [0.05, 0.1) is 25.4 Å². The summed E-state index contributed by atoms with van der Waals surface area (Å²) in [6.45, 7) is 7.82. The van der Waals surface area contributed by atoms with Gasteiger partial charge in [-0.15, -0.1) is 0 Å². The molecule has 0 radical (unpaired) electrons. The monoisotopic (exact) mass is 438 g/mol. The number of anilines is 1. The topological polar surface area (TPSA) is 81.1 Å². The van der Waals surface area contributed by atoms with Gasteiger partial charge in [0.2, 0.25) is 0 Å². The predicted molar refractivity (Wildman–Crippen MR) is 126 cm³/mol. The van der Waals surface area contributed by atoms with Gasteiger partial charge in [-0.2, -0.15) is 0 Å². The molecule has 1 N–H and O–H groups in total. The highest BCUT2D eigenvalue weighted by atomic mass is 16.5. The number of nitrogens with zero attached hydrogens (tertiary/aromatic N) is 2. The van der Waals surface area contributed by atoms with Crippen LogP contribution in [0.4, 0.5) is 10.5 Å². The van der Waals surface area contributed by atoms with Crippen LogP contribution in [0.15, 0.2) is 36.5 Å². The molecule has 0 saturated carbocycles. The van der Waals surface area contributed by atoms with E-state index in [4.69, 9.17) is 14.2 Å². The molecule has 7 heteroatoms. The number of aryl methyl sites for hydroxylation is 2. The third-order valence-corrected chi connectivity index (χ3v) is 5.69. The first-order valence-corrected chi connectivity index (χ1v) is 10.7. The van der Waals surface area contributed by atoms with Crippen molar-refractivity contribution < 1.29 is 24.1 Å². The molecule has 0 fully saturated rings. The smallest absolute Gasteiger partial charge is 0.412 e. The number of methoxy groups -OCH3 is 2. The average molecular weight is 439 g/mol. The van der Waals surface area contributed by atoms with E-state index in [1.54, 1.807) is 26.5 Å². The Morgan fingerprint density at radius 2 is 1.62 bits per heavy atom. The molecule has 32 heavy (non-hydrogen) atoms. The van der Waals surface area contributed by atoms with Gasteiger partial charge in [0.1, 0.15) is 11.5 Å². The number of aromatic nitrogens is 1. The number of carboxylic acid groups (broad SMARTS) is 1. The van der Waals surface area contributed by atoms with E-state index < -0.39 is 6.09 Å². The molecular formula is C25H30N2O5. The first-order valence-electron chi connectivity index (χ1n) is 10.7. The van der Waals surface area contributed by atoms with Crippen LogP contribution in [0.3, 0.4) is 0 Å². The Morgan fingerprint density at radius 3 is 2.22 bits per heavy atom. The van der Waals surface area contributed by atoms with Crippen LogP contribution in [-0.4, -0.2) is 36.4 Å². The molecule has 3 aromatic rings. The lowest BCUT2D eigenvalue weighted by Crippen LogP contribution is -2.39. The molecule has 0 saturated heterocycles. The molecule has 0 spiro atoms. The van der Waals surface area contributed by atoms with Crippen LogP contribution in [0.5, 0.6) is 23.0 Å². The first kappa shape index (κ1) is 23.2. The quantitative estimate of drug-likeness (QED) is 0.442. The number of carbonyl (C=O) groups is 1. The van der Waals surface area contributed by atoms with E-state index in [0.717, 1.165) is 34.9 Å². The van der Waals surface area contributed by atoms with Crippen LogP contribution in [0.1, 0.15) is 37.8 Å². The second-order valence-electron chi connectivity index (χ2n) is 7.66. The van der Waals surface area contributed by atoms with Crippen LogP contribution < -0.4 is 19.1 Å². The molecule has 0 unspecified atom stereocenters. The zero-order chi connectivity index (χ0) is 23.4. The van der Waals surface area contributed by atoms with E-state index in [1.807, 2.05) is 52.0 Å². The molecule has 1 aromatic heterocycles. The minimum absolute atomic E-state index is 0.0797. The van der Waals surface area contributed by atoms with Crippen LogP contribution in [0.2, 0.25) is 0 Å². The normalized spacial score (nSPS) is 11.0. The summed E-state index contributed by atoms with van der Waals surface area (Å²) in [6, 6.07) is 9.13. The van der Waals surface area contributed by atoms with Crippen molar-refractivity contribution in [2.45, 2.75) is 46.6 Å². The van der Waals surface area contributed by atoms with Crippen molar-refractivity contribution >= 4 is 22.7 Å². The van der Waals surface area contributed by atoms with Gasteiger partial charge >= 0.3 is 6.09 Å². The number of rotatable bonds is 8. The Hall–Kier alpha value is -3.48. The lowest BCUT2D eigenvalue weighted by atomic mass is 10.0. The summed E-state index contributed by atoms with van der Waals surface area (Å²) < 4.78 is 17.1. The zero-order valence-electron chi connectivity index (χ0n) is 19.4. The van der Waals surface area contributed by atoms with Gasteiger partial charge in [0.15, 0.2) is 11.5 Å². The standard InChI is InChI=1S/C25H30N2O5/c1-7-17(8-2)27(25(28)29)20-11-16(4)22(12-15(20)3)32-21-9-10-26-19-14-24(31-6)23(30-5)13-18(19)21/h9-14,17H,7-8H2,1-6H3,(H,28,29). The number of pyridine rings is 1. The van der Waals surface area contributed by atoms with E-state index in [9.17, 15) is 9.90 Å². The van der Waals surface area contributed by atoms with E-state index in [1.165, 1.54) is 4.90 Å². The lowest BCUT2D eigenvalue weighted by molar-refractivity contribution is 0.198. The van der Waals surface area contributed by atoms with Crippen LogP contribution in [-0.2, 0) is 0 Å². The molecule has 0 aliphatic carbocycles. The van der Waals surface area contributed by atoms with E-state index in [2.05, 4.69) is 4.98 Å². The fourth-order valence-electron chi connectivity index (χ4n) is 3.91. The molecule has 2 aromatic carbocycles. The van der Waals surface area contributed by atoms with Crippen molar-refractivity contribution in [1.82, 2.24) is 4.98 Å². The van der Waals surface area contributed by atoms with E-state index >= 15 is 0 Å². The lowest BCUT2D eigenvalue weighted by Gasteiger charge is -2.30. The molecule has 3 rings (SSSR count). The van der Waals surface area contributed by atoms with Crippen LogP contribution >= 0.6 is 0 Å². The van der Waals surface area contributed by atoms with Gasteiger partial charge in [0.25, 0.3) is 0 Å². The van der Waals surface area contributed by atoms with Crippen LogP contribution in [0, 0.1) is 13.8 Å². The fraction of sp³-hybridized carbons (Fsp3) is 0.360. The van der Waals surface area contributed by atoms with Gasteiger partial charge in [-0.25, -0.2) is 4.79 Å². The maximum atomic E-state index is 12.0. The van der Waals surface area contributed by atoms with Gasteiger partial charge in [0, 0.05) is 23.7 Å². The molecule has 0 atom stereocenters. The van der Waals surface area contributed by atoms with E-state index in [0.29, 0.717) is 28.7 Å². The number of hydrogen-bond donors (Lipinski definition) is 1. The maximum Gasteiger partial charge on any atom is 0.412 e. The number of fused-ring (bicyclic) bond motifs is 1. The summed E-state index contributed by atoms with van der Waals surface area (Å²) in [5, 5.41) is 10.6. The molecule has 1 heterocycles. The minimum atomic E-state index is -0.948. The predicted octanol–water partition coefficient (Wildman–Crippen LogP) is 6.33. The molecular weight excluding hydrogens is 408 g/mol. The Bertz CT molecular complexity index is 1130. The van der Waals surface area contributed by atoms with Crippen LogP contribution in [0.25, 0.3) is 10.9 Å². The highest BCUT2D eigenvalue weighted by Gasteiger charge is 2.25. The highest BCUT2D eigenvalue weighted by molar-refractivity contribution is 5.89. The summed E-state index contributed by atoms with van der Waals surface area (Å²) in [5.41, 5.74) is 3.07. The zero-order valence-corrected chi connectivity index (χ0v) is 19.4. The number of hydrogen-bond acceptors (Lipinski definition) is 5. The Kier molecular flexibility index (Phi) is 7.08. The molecule has 0 aliphatic rings. The first-order chi connectivity index (χ1) is 15.3. The molecule has 0 aliphatic heterocycles. The Balaban J connectivity index is 2.04. The van der Waals surface area contributed by atoms with Gasteiger partial charge < -0.3 is 19.3 Å². The van der Waals surface area contributed by atoms with Crippen molar-refractivity contribution in [1.29, 1.82) is 0 Å². The second kappa shape index (κ2) is 9.77. The average Bonchev–Trinajstić information content (AvgIpc) is 2.78. The van der Waals surface area contributed by atoms with Crippen molar-refractivity contribution in [2.75, 3.05) is 19.1 Å². The van der Waals surface area contributed by atoms with Crippen molar-refractivity contribution in [3.63, 3.8) is 0 Å². The maximum absolute atomic E-state index is 12.0. The van der Waals surface area contributed by atoms with E-state index in [-0.39, 0.29) is 6.04 Å². The van der Waals surface area contributed by atoms with Gasteiger partial charge in [-0.3, -0.25) is 9.88 Å².